The molecule has 1 heteroatoms. The van der Waals surface area contributed by atoms with Crippen molar-refractivity contribution in [3.8, 4) is 0 Å². The monoisotopic (exact) mass is 232 g/mol. The van der Waals surface area contributed by atoms with Gasteiger partial charge in [-0.3, -0.25) is 0 Å². The third-order valence-corrected chi connectivity index (χ3v) is 4.88. The Balaban J connectivity index is 1.96. The van der Waals surface area contributed by atoms with Crippen LogP contribution in [0.1, 0.15) is 37.2 Å². The predicted molar refractivity (Wildman–Crippen MR) is 68.6 cm³/mol. The summed E-state index contributed by atoms with van der Waals surface area (Å²) in [5, 5.41) is 0.894. The summed E-state index contributed by atoms with van der Waals surface area (Å²) in [5.41, 5.74) is 1.69. The number of hydrogen-bond acceptors (Lipinski definition) is 0. The topological polar surface area (TPSA) is 0 Å². The van der Waals surface area contributed by atoms with E-state index in [-0.39, 0.29) is 5.41 Å². The van der Waals surface area contributed by atoms with Gasteiger partial charge in [-0.15, -0.1) is 0 Å². The van der Waals surface area contributed by atoms with Crippen LogP contribution in [-0.2, 0) is 0 Å². The van der Waals surface area contributed by atoms with Crippen LogP contribution in [0.25, 0.3) is 0 Å². The van der Waals surface area contributed by atoms with Crippen LogP contribution in [0.15, 0.2) is 41.9 Å². The highest BCUT2D eigenvalue weighted by Gasteiger charge is 2.66. The average molecular weight is 233 g/mol. The normalized spacial score (nSPS) is 36.6. The highest BCUT2D eigenvalue weighted by Crippen LogP contribution is 2.74. The second-order valence-electron chi connectivity index (χ2n) is 5.19. The average Bonchev–Trinajstić information content (AvgIpc) is 3.00. The summed E-state index contributed by atoms with van der Waals surface area (Å²) in [4.78, 5) is 0. The minimum absolute atomic E-state index is 0.237. The summed E-state index contributed by atoms with van der Waals surface area (Å²) in [6.45, 7) is 4.03. The highest BCUT2D eigenvalue weighted by molar-refractivity contribution is 6.30. The lowest BCUT2D eigenvalue weighted by molar-refractivity contribution is 0.397. The van der Waals surface area contributed by atoms with Crippen LogP contribution in [0.2, 0.25) is 0 Å². The van der Waals surface area contributed by atoms with Gasteiger partial charge in [0.25, 0.3) is 0 Å². The maximum absolute atomic E-state index is 6.29. The van der Waals surface area contributed by atoms with Crippen LogP contribution in [0, 0.1) is 11.3 Å². The van der Waals surface area contributed by atoms with E-state index >= 15 is 0 Å². The molecule has 0 saturated heterocycles. The van der Waals surface area contributed by atoms with Crippen molar-refractivity contribution < 1.29 is 0 Å². The zero-order valence-corrected chi connectivity index (χ0v) is 10.2. The SMILES string of the molecule is C=C(Cl)[C@@]12CCCC[C@@H]1[C@H]2c1ccccc1. The smallest absolute Gasteiger partial charge is 0.0180 e. The fourth-order valence-corrected chi connectivity index (χ4v) is 4.11. The molecule has 3 rings (SSSR count). The van der Waals surface area contributed by atoms with E-state index in [4.69, 9.17) is 11.6 Å². The van der Waals surface area contributed by atoms with E-state index in [1.807, 2.05) is 0 Å². The van der Waals surface area contributed by atoms with Crippen LogP contribution in [-0.4, -0.2) is 0 Å². The molecule has 1 aromatic rings. The molecule has 16 heavy (non-hydrogen) atoms. The molecule has 0 nitrogen and oxygen atoms in total. The summed E-state index contributed by atoms with van der Waals surface area (Å²) in [7, 11) is 0. The van der Waals surface area contributed by atoms with Crippen molar-refractivity contribution in [2.24, 2.45) is 11.3 Å². The van der Waals surface area contributed by atoms with Gasteiger partial charge in [0.1, 0.15) is 0 Å². The molecule has 0 radical (unpaired) electrons. The van der Waals surface area contributed by atoms with Crippen molar-refractivity contribution in [2.75, 3.05) is 0 Å². The summed E-state index contributed by atoms with van der Waals surface area (Å²) in [6.07, 6.45) is 5.23. The number of hydrogen-bond donors (Lipinski definition) is 0. The number of fused-ring (bicyclic) bond motifs is 1. The summed E-state index contributed by atoms with van der Waals surface area (Å²) < 4.78 is 0. The lowest BCUT2D eigenvalue weighted by atomic mass is 9.87. The predicted octanol–water partition coefficient (Wildman–Crippen LogP) is 4.71. The lowest BCUT2D eigenvalue weighted by Crippen LogP contribution is -2.09. The van der Waals surface area contributed by atoms with Gasteiger partial charge in [0.2, 0.25) is 0 Å². The van der Waals surface area contributed by atoms with Gasteiger partial charge in [0, 0.05) is 10.4 Å². The standard InChI is InChI=1S/C15H17Cl/c1-11(16)15-10-6-5-9-13(15)14(15)12-7-3-2-4-8-12/h2-4,7-8,13-14H,1,5-6,9-10H2/t13-,14-,15+/m1/s1. The molecule has 2 fully saturated rings. The van der Waals surface area contributed by atoms with Crippen molar-refractivity contribution in [1.82, 2.24) is 0 Å². The van der Waals surface area contributed by atoms with Gasteiger partial charge in [-0.1, -0.05) is 61.4 Å². The van der Waals surface area contributed by atoms with Gasteiger partial charge in [-0.2, -0.15) is 0 Å². The summed E-state index contributed by atoms with van der Waals surface area (Å²) in [5.74, 6) is 1.40. The Morgan fingerprint density at radius 2 is 2.00 bits per heavy atom. The molecular formula is C15H17Cl. The lowest BCUT2D eigenvalue weighted by Gasteiger charge is -2.20. The molecule has 0 aliphatic heterocycles. The molecule has 3 atom stereocenters. The molecule has 0 bridgehead atoms. The Morgan fingerprint density at radius 3 is 2.62 bits per heavy atom. The molecule has 1 aromatic carbocycles. The molecule has 2 aliphatic rings. The molecule has 0 unspecified atom stereocenters. The highest BCUT2D eigenvalue weighted by atomic mass is 35.5. The Hall–Kier alpha value is -0.750. The fourth-order valence-electron chi connectivity index (χ4n) is 3.76. The maximum atomic E-state index is 6.29. The largest absolute Gasteiger partial charge is 0.0891 e. The Kier molecular flexibility index (Phi) is 2.36. The van der Waals surface area contributed by atoms with E-state index in [0.29, 0.717) is 5.92 Å². The molecule has 0 aromatic heterocycles. The van der Waals surface area contributed by atoms with Crippen molar-refractivity contribution >= 4 is 11.6 Å². The molecule has 2 saturated carbocycles. The van der Waals surface area contributed by atoms with Crippen molar-refractivity contribution in [3.63, 3.8) is 0 Å². The molecule has 0 spiro atoms. The first-order valence-electron chi connectivity index (χ1n) is 6.16. The summed E-state index contributed by atoms with van der Waals surface area (Å²) in [6, 6.07) is 10.8. The van der Waals surface area contributed by atoms with Crippen LogP contribution in [0.4, 0.5) is 0 Å². The molecule has 2 aliphatic carbocycles. The number of allylic oxidation sites excluding steroid dienone is 1. The number of benzene rings is 1. The first-order chi connectivity index (χ1) is 7.77. The zero-order chi connectivity index (χ0) is 11.2. The van der Waals surface area contributed by atoms with E-state index in [0.717, 1.165) is 11.0 Å². The van der Waals surface area contributed by atoms with Crippen molar-refractivity contribution in [3.05, 3.63) is 47.5 Å². The molecule has 0 N–H and O–H groups in total. The van der Waals surface area contributed by atoms with Gasteiger partial charge >= 0.3 is 0 Å². The van der Waals surface area contributed by atoms with Crippen LogP contribution >= 0.6 is 11.6 Å². The van der Waals surface area contributed by atoms with E-state index in [1.54, 1.807) is 0 Å². The minimum Gasteiger partial charge on any atom is -0.0891 e. The number of rotatable bonds is 2. The van der Waals surface area contributed by atoms with E-state index < -0.39 is 0 Å². The third kappa shape index (κ3) is 1.29. The van der Waals surface area contributed by atoms with Gasteiger partial charge in [-0.25, -0.2) is 0 Å². The van der Waals surface area contributed by atoms with E-state index in [2.05, 4.69) is 36.9 Å². The minimum atomic E-state index is 0.237. The molecule has 0 heterocycles. The van der Waals surface area contributed by atoms with Gasteiger partial charge in [-0.05, 0) is 30.2 Å². The Bertz CT molecular complexity index is 409. The maximum Gasteiger partial charge on any atom is 0.0180 e. The van der Waals surface area contributed by atoms with Crippen molar-refractivity contribution in [1.29, 1.82) is 0 Å². The third-order valence-electron chi connectivity index (χ3n) is 4.53. The first-order valence-corrected chi connectivity index (χ1v) is 6.54. The molecular weight excluding hydrogens is 216 g/mol. The van der Waals surface area contributed by atoms with Crippen LogP contribution < -0.4 is 0 Å². The van der Waals surface area contributed by atoms with Gasteiger partial charge in [0.05, 0.1) is 0 Å². The van der Waals surface area contributed by atoms with Crippen molar-refractivity contribution in [2.45, 2.75) is 31.6 Å². The second-order valence-corrected chi connectivity index (χ2v) is 5.64. The van der Waals surface area contributed by atoms with E-state index in [9.17, 15) is 0 Å². The first kappa shape index (κ1) is 10.4. The molecule has 84 valence electrons. The Labute approximate surface area is 102 Å². The second kappa shape index (κ2) is 3.63. The molecule has 0 amide bonds. The zero-order valence-electron chi connectivity index (χ0n) is 9.45. The van der Waals surface area contributed by atoms with Crippen LogP contribution in [0.5, 0.6) is 0 Å². The fraction of sp³-hybridized carbons (Fsp3) is 0.467. The van der Waals surface area contributed by atoms with Crippen LogP contribution in [0.3, 0.4) is 0 Å². The van der Waals surface area contributed by atoms with E-state index in [1.165, 1.54) is 31.2 Å². The summed E-state index contributed by atoms with van der Waals surface area (Å²) >= 11 is 6.29. The van der Waals surface area contributed by atoms with Gasteiger partial charge in [0.15, 0.2) is 0 Å². The Morgan fingerprint density at radius 1 is 1.25 bits per heavy atom. The van der Waals surface area contributed by atoms with Gasteiger partial charge < -0.3 is 0 Å². The number of halogens is 1. The quantitative estimate of drug-likeness (QED) is 0.693.